The van der Waals surface area contributed by atoms with E-state index in [4.69, 9.17) is 4.74 Å². The van der Waals surface area contributed by atoms with Gasteiger partial charge in [0.1, 0.15) is 29.9 Å². The number of aryl methyl sites for hydroxylation is 1. The van der Waals surface area contributed by atoms with Crippen molar-refractivity contribution in [3.8, 4) is 5.75 Å². The molecule has 1 saturated heterocycles. The normalized spacial score (nSPS) is 21.4. The third kappa shape index (κ3) is 12.7. The van der Waals surface area contributed by atoms with E-state index in [-0.39, 0.29) is 50.0 Å². The van der Waals surface area contributed by atoms with Gasteiger partial charge in [0.05, 0.1) is 13.7 Å². The van der Waals surface area contributed by atoms with Gasteiger partial charge in [-0.1, -0.05) is 58.0 Å². The minimum atomic E-state index is -1.16. The molecule has 0 aliphatic carbocycles. The van der Waals surface area contributed by atoms with Crippen LogP contribution in [0.1, 0.15) is 65.0 Å². The lowest BCUT2D eigenvalue weighted by atomic mass is 9.99. The predicted molar refractivity (Wildman–Crippen MR) is 226 cm³/mol. The fourth-order valence-electron chi connectivity index (χ4n) is 7.18. The van der Waals surface area contributed by atoms with Crippen LogP contribution < -0.4 is 31.3 Å². The molecule has 2 aromatic heterocycles. The minimum Gasteiger partial charge on any atom is -0.497 e. The second-order valence-corrected chi connectivity index (χ2v) is 16.2. The maximum atomic E-state index is 14.4. The molecule has 0 unspecified atom stereocenters. The molecule has 1 aliphatic rings. The molecule has 0 spiro atoms. The average Bonchev–Trinajstić information content (AvgIpc) is 3.89. The van der Waals surface area contributed by atoms with Gasteiger partial charge in [0.15, 0.2) is 0 Å². The maximum absolute atomic E-state index is 14.4. The predicted octanol–water partition coefficient (Wildman–Crippen LogP) is 2.63. The number of hydrogen-bond donors (Lipinski definition) is 6. The highest BCUT2D eigenvalue weighted by atomic mass is 16.5. The van der Waals surface area contributed by atoms with Crippen molar-refractivity contribution in [3.63, 3.8) is 0 Å². The number of ether oxygens (including phenoxy) is 1. The number of hydrogen-bond acceptors (Lipinski definition) is 8. The van der Waals surface area contributed by atoms with Gasteiger partial charge < -0.3 is 41.2 Å². The number of H-pyrrole nitrogens is 1. The van der Waals surface area contributed by atoms with Crippen molar-refractivity contribution >= 4 is 46.3 Å². The topological polar surface area (TPSA) is 209 Å². The van der Waals surface area contributed by atoms with E-state index in [1.807, 2.05) is 52.0 Å². The number of benzene rings is 2. The van der Waals surface area contributed by atoms with Crippen LogP contribution in [0.3, 0.4) is 0 Å². The number of aromatic nitrogens is 3. The Labute approximate surface area is 350 Å². The Balaban J connectivity index is 1.50. The van der Waals surface area contributed by atoms with Crippen molar-refractivity contribution in [3.05, 3.63) is 84.3 Å². The lowest BCUT2D eigenvalue weighted by Gasteiger charge is -2.32. The fraction of sp³-hybridized carbons (Fsp3) is 0.477. The van der Waals surface area contributed by atoms with Crippen LogP contribution in [0.4, 0.5) is 0 Å². The lowest BCUT2D eigenvalue weighted by molar-refractivity contribution is -0.138. The lowest BCUT2D eigenvalue weighted by Crippen LogP contribution is -2.60. The van der Waals surface area contributed by atoms with Crippen LogP contribution in [-0.2, 0) is 48.2 Å². The monoisotopic (exact) mass is 825 g/mol. The van der Waals surface area contributed by atoms with E-state index in [9.17, 15) is 28.8 Å². The Morgan fingerprint density at radius 1 is 0.817 bits per heavy atom. The van der Waals surface area contributed by atoms with Crippen molar-refractivity contribution in [2.75, 3.05) is 20.2 Å². The first kappa shape index (κ1) is 44.9. The molecular formula is C44H59N9O7. The average molecular weight is 826 g/mol. The smallest absolute Gasteiger partial charge is 0.243 e. The number of nitrogens with one attached hydrogen (secondary N) is 6. The number of fused-ring (bicyclic) bond motifs is 1. The third-order valence-corrected chi connectivity index (χ3v) is 10.6. The van der Waals surface area contributed by atoms with Crippen LogP contribution in [-0.4, -0.2) is 106 Å². The van der Waals surface area contributed by atoms with E-state index in [2.05, 4.69) is 36.7 Å². The molecule has 5 rings (SSSR count). The van der Waals surface area contributed by atoms with Crippen molar-refractivity contribution in [2.45, 2.75) is 103 Å². The molecule has 6 amide bonds. The Hall–Kier alpha value is -6.19. The van der Waals surface area contributed by atoms with Crippen LogP contribution >= 0.6 is 0 Å². The summed E-state index contributed by atoms with van der Waals surface area (Å²) in [6, 6.07) is 11.4. The summed E-state index contributed by atoms with van der Waals surface area (Å²) in [5.41, 5.74) is 2.33. The zero-order valence-electron chi connectivity index (χ0n) is 35.3. The molecule has 2 aromatic carbocycles. The minimum absolute atomic E-state index is 0.00990. The molecule has 60 heavy (non-hydrogen) atoms. The van der Waals surface area contributed by atoms with Crippen LogP contribution in [0.5, 0.6) is 5.75 Å². The zero-order chi connectivity index (χ0) is 43.3. The standard InChI is InChI=1S/C44H59N9O7/c1-27(2)21-35-43(58)50-36(22-30-14-16-32(60-6)17-15-30)42(57)47-29(5)41(56)51-38(28(3)4)25-52(40(55)13-9-19-53-20-10-18-46-53)26-39(54)48-37(44(59)49-35)23-31-24-45-34-12-8-7-11-33(31)34/h7-8,10-12,14-18,20,24,27-29,35-38,45H,9,13,19,21-23,25-26H2,1-6H3,(H,47,57)(H,48,54)(H,49,59)(H,50,58)(H,51,56)/t29-,35+,36+,37-,38-/m1/s1. The number of carbonyl (C=O) groups excluding carboxylic acids is 6. The number of amides is 6. The van der Waals surface area contributed by atoms with Crippen LogP contribution in [0.25, 0.3) is 10.9 Å². The van der Waals surface area contributed by atoms with Gasteiger partial charge in [0, 0.05) is 67.9 Å². The number of carbonyl (C=O) groups is 6. The van der Waals surface area contributed by atoms with E-state index < -0.39 is 66.3 Å². The van der Waals surface area contributed by atoms with Crippen molar-refractivity contribution in [1.82, 2.24) is 46.2 Å². The first-order valence-corrected chi connectivity index (χ1v) is 20.6. The van der Waals surface area contributed by atoms with Crippen molar-refractivity contribution < 1.29 is 33.5 Å². The molecular weight excluding hydrogens is 767 g/mol. The van der Waals surface area contributed by atoms with Crippen molar-refractivity contribution in [1.29, 1.82) is 0 Å². The molecule has 3 heterocycles. The quantitative estimate of drug-likeness (QED) is 0.125. The Morgan fingerprint density at radius 3 is 2.18 bits per heavy atom. The summed E-state index contributed by atoms with van der Waals surface area (Å²) in [6.07, 6.45) is 6.14. The van der Waals surface area contributed by atoms with Crippen LogP contribution in [0.15, 0.2) is 73.2 Å². The highest BCUT2D eigenvalue weighted by Crippen LogP contribution is 2.20. The molecule has 1 fully saturated rings. The number of para-hydroxylation sites is 1. The first-order chi connectivity index (χ1) is 28.7. The van der Waals surface area contributed by atoms with E-state index in [1.165, 1.54) is 11.8 Å². The van der Waals surface area contributed by atoms with Gasteiger partial charge in [-0.25, -0.2) is 0 Å². The second-order valence-electron chi connectivity index (χ2n) is 16.2. The van der Waals surface area contributed by atoms with Gasteiger partial charge in [0.25, 0.3) is 0 Å². The van der Waals surface area contributed by atoms with Gasteiger partial charge in [-0.15, -0.1) is 0 Å². The summed E-state index contributed by atoms with van der Waals surface area (Å²) < 4.78 is 7.01. The molecule has 16 nitrogen and oxygen atoms in total. The number of methoxy groups -OCH3 is 1. The highest BCUT2D eigenvalue weighted by Gasteiger charge is 2.34. The van der Waals surface area contributed by atoms with Crippen LogP contribution in [0, 0.1) is 11.8 Å². The molecule has 4 aromatic rings. The maximum Gasteiger partial charge on any atom is 0.243 e. The molecule has 322 valence electrons. The van der Waals surface area contributed by atoms with Gasteiger partial charge in [-0.3, -0.25) is 33.4 Å². The Bertz CT molecular complexity index is 2080. The summed E-state index contributed by atoms with van der Waals surface area (Å²) in [5.74, 6) is -2.85. The molecule has 1 aliphatic heterocycles. The third-order valence-electron chi connectivity index (χ3n) is 10.6. The summed E-state index contributed by atoms with van der Waals surface area (Å²) in [4.78, 5) is 89.0. The number of aromatic amines is 1. The summed E-state index contributed by atoms with van der Waals surface area (Å²) in [5, 5.41) is 19.4. The molecule has 5 atom stereocenters. The molecule has 6 N–H and O–H groups in total. The van der Waals surface area contributed by atoms with Gasteiger partial charge >= 0.3 is 0 Å². The van der Waals surface area contributed by atoms with Gasteiger partial charge in [0.2, 0.25) is 35.4 Å². The number of rotatable bonds is 12. The van der Waals surface area contributed by atoms with E-state index in [1.54, 1.807) is 60.7 Å². The zero-order valence-corrected chi connectivity index (χ0v) is 35.3. The largest absolute Gasteiger partial charge is 0.497 e. The Morgan fingerprint density at radius 2 is 1.50 bits per heavy atom. The summed E-state index contributed by atoms with van der Waals surface area (Å²) in [6.45, 7) is 9.20. The number of nitrogens with zero attached hydrogens (tertiary/aromatic N) is 3. The molecule has 0 saturated carbocycles. The van der Waals surface area contributed by atoms with Crippen LogP contribution in [0.2, 0.25) is 0 Å². The van der Waals surface area contributed by atoms with E-state index in [0.717, 1.165) is 22.0 Å². The van der Waals surface area contributed by atoms with E-state index >= 15 is 0 Å². The molecule has 0 radical (unpaired) electrons. The summed E-state index contributed by atoms with van der Waals surface area (Å²) in [7, 11) is 1.55. The first-order valence-electron chi connectivity index (χ1n) is 20.6. The molecule has 0 bridgehead atoms. The second kappa shape index (κ2) is 21.2. The highest BCUT2D eigenvalue weighted by molar-refractivity contribution is 5.96. The summed E-state index contributed by atoms with van der Waals surface area (Å²) >= 11 is 0. The SMILES string of the molecule is COc1ccc(C[C@@H]2NC(=O)[C@H](CC(C)C)NC(=O)[C@@H](Cc3c[nH]c4ccccc34)NC(=O)CN(C(=O)CCCn3cccn3)C[C@H](C(C)C)NC(=O)[C@@H](C)NC2=O)cc1. The van der Waals surface area contributed by atoms with E-state index in [0.29, 0.717) is 18.7 Å². The van der Waals surface area contributed by atoms with Crippen molar-refractivity contribution in [2.24, 2.45) is 11.8 Å². The van der Waals surface area contributed by atoms with Gasteiger partial charge in [-0.05, 0) is 67.0 Å². The fourth-order valence-corrected chi connectivity index (χ4v) is 7.18. The molecule has 16 heteroatoms. The Kier molecular flexibility index (Phi) is 15.9. The van der Waals surface area contributed by atoms with Gasteiger partial charge in [-0.2, -0.15) is 5.10 Å².